The summed E-state index contributed by atoms with van der Waals surface area (Å²) < 4.78 is 16.5. The highest BCUT2D eigenvalue weighted by atomic mass is 16.6. The van der Waals surface area contributed by atoms with Crippen LogP contribution in [0.2, 0.25) is 0 Å². The SMILES string of the molecule is COc1ccccc1C(=O)N1CCCN(C(=O)C2CC(=O)N(c3ccc4c(c3)OCCO4)C2)CC1. The number of carbonyl (C=O) groups excluding carboxylic acids is 3. The average molecular weight is 480 g/mol. The van der Waals surface area contributed by atoms with Crippen LogP contribution in [0.5, 0.6) is 17.2 Å². The van der Waals surface area contributed by atoms with Crippen LogP contribution in [0.3, 0.4) is 0 Å². The average Bonchev–Trinajstić information content (AvgIpc) is 3.12. The van der Waals surface area contributed by atoms with Gasteiger partial charge in [-0.05, 0) is 30.7 Å². The van der Waals surface area contributed by atoms with Gasteiger partial charge in [0.2, 0.25) is 11.8 Å². The van der Waals surface area contributed by atoms with Crippen LogP contribution >= 0.6 is 0 Å². The molecule has 184 valence electrons. The molecule has 3 aliphatic rings. The molecule has 9 heteroatoms. The number of anilines is 1. The van der Waals surface area contributed by atoms with Gasteiger partial charge < -0.3 is 28.9 Å². The number of amides is 3. The van der Waals surface area contributed by atoms with Gasteiger partial charge in [0.15, 0.2) is 11.5 Å². The first-order valence-corrected chi connectivity index (χ1v) is 12.0. The lowest BCUT2D eigenvalue weighted by Gasteiger charge is -2.25. The first-order valence-electron chi connectivity index (χ1n) is 12.0. The minimum Gasteiger partial charge on any atom is -0.496 e. The lowest BCUT2D eigenvalue weighted by Crippen LogP contribution is -2.40. The number of methoxy groups -OCH3 is 1. The fourth-order valence-electron chi connectivity index (χ4n) is 4.91. The van der Waals surface area contributed by atoms with Gasteiger partial charge in [-0.1, -0.05) is 12.1 Å². The van der Waals surface area contributed by atoms with Crippen molar-refractivity contribution in [3.05, 3.63) is 48.0 Å². The van der Waals surface area contributed by atoms with Gasteiger partial charge >= 0.3 is 0 Å². The Bertz CT molecular complexity index is 1140. The van der Waals surface area contributed by atoms with Crippen LogP contribution in [0, 0.1) is 5.92 Å². The normalized spacial score (nSPS) is 20.0. The Balaban J connectivity index is 1.22. The van der Waals surface area contributed by atoms with Crippen molar-refractivity contribution in [3.8, 4) is 17.2 Å². The molecule has 2 aromatic carbocycles. The fourth-order valence-corrected chi connectivity index (χ4v) is 4.91. The predicted molar refractivity (Wildman–Crippen MR) is 128 cm³/mol. The number of ether oxygens (including phenoxy) is 3. The molecule has 3 amide bonds. The summed E-state index contributed by atoms with van der Waals surface area (Å²) in [4.78, 5) is 44.4. The maximum absolute atomic E-state index is 13.3. The Morgan fingerprint density at radius 3 is 2.51 bits per heavy atom. The van der Waals surface area contributed by atoms with Gasteiger partial charge in [0.1, 0.15) is 19.0 Å². The van der Waals surface area contributed by atoms with E-state index in [2.05, 4.69) is 0 Å². The van der Waals surface area contributed by atoms with Gasteiger partial charge in [0.05, 0.1) is 18.6 Å². The molecule has 5 rings (SSSR count). The van der Waals surface area contributed by atoms with E-state index in [1.165, 1.54) is 0 Å². The van der Waals surface area contributed by atoms with E-state index in [4.69, 9.17) is 14.2 Å². The van der Waals surface area contributed by atoms with Gasteiger partial charge in [-0.2, -0.15) is 0 Å². The molecule has 0 saturated carbocycles. The second kappa shape index (κ2) is 9.85. The van der Waals surface area contributed by atoms with E-state index in [9.17, 15) is 14.4 Å². The Labute approximate surface area is 204 Å². The summed E-state index contributed by atoms with van der Waals surface area (Å²) in [5.74, 6) is 1.19. The number of fused-ring (bicyclic) bond motifs is 1. The van der Waals surface area contributed by atoms with Crippen LogP contribution in [0.1, 0.15) is 23.2 Å². The molecule has 0 aliphatic carbocycles. The maximum atomic E-state index is 13.3. The summed E-state index contributed by atoms with van der Waals surface area (Å²) in [6.07, 6.45) is 0.854. The monoisotopic (exact) mass is 479 g/mol. The molecule has 1 unspecified atom stereocenters. The Kier molecular flexibility index (Phi) is 6.48. The molecule has 35 heavy (non-hydrogen) atoms. The summed E-state index contributed by atoms with van der Waals surface area (Å²) in [6, 6.07) is 12.6. The van der Waals surface area contributed by atoms with Crippen molar-refractivity contribution in [2.24, 2.45) is 5.92 Å². The second-order valence-corrected chi connectivity index (χ2v) is 8.90. The maximum Gasteiger partial charge on any atom is 0.257 e. The van der Waals surface area contributed by atoms with E-state index in [1.807, 2.05) is 18.2 Å². The minimum atomic E-state index is -0.410. The van der Waals surface area contributed by atoms with Crippen LogP contribution in [0.25, 0.3) is 0 Å². The Hall–Kier alpha value is -3.75. The zero-order valence-corrected chi connectivity index (χ0v) is 19.8. The largest absolute Gasteiger partial charge is 0.496 e. The Morgan fingerprint density at radius 2 is 1.69 bits per heavy atom. The predicted octanol–water partition coefficient (Wildman–Crippen LogP) is 2.19. The molecular weight excluding hydrogens is 450 g/mol. The first-order chi connectivity index (χ1) is 17.0. The molecule has 0 bridgehead atoms. The van der Waals surface area contributed by atoms with Crippen molar-refractivity contribution in [1.82, 2.24) is 9.80 Å². The van der Waals surface area contributed by atoms with Crippen molar-refractivity contribution in [3.63, 3.8) is 0 Å². The summed E-state index contributed by atoms with van der Waals surface area (Å²) in [7, 11) is 1.55. The third-order valence-corrected chi connectivity index (χ3v) is 6.74. The summed E-state index contributed by atoms with van der Waals surface area (Å²) in [5, 5.41) is 0. The second-order valence-electron chi connectivity index (χ2n) is 8.90. The molecular formula is C26H29N3O6. The van der Waals surface area contributed by atoms with Gasteiger partial charge in [0.25, 0.3) is 5.91 Å². The van der Waals surface area contributed by atoms with E-state index in [1.54, 1.807) is 46.1 Å². The number of para-hydroxylation sites is 1. The van der Waals surface area contributed by atoms with E-state index >= 15 is 0 Å². The molecule has 2 aromatic rings. The summed E-state index contributed by atoms with van der Waals surface area (Å²) in [6.45, 7) is 3.30. The molecule has 0 spiro atoms. The van der Waals surface area contributed by atoms with Crippen molar-refractivity contribution < 1.29 is 28.6 Å². The van der Waals surface area contributed by atoms with Gasteiger partial charge in [-0.25, -0.2) is 0 Å². The van der Waals surface area contributed by atoms with E-state index in [-0.39, 0.29) is 24.1 Å². The number of carbonyl (C=O) groups is 3. The van der Waals surface area contributed by atoms with Crippen LogP contribution in [0.15, 0.2) is 42.5 Å². The highest BCUT2D eigenvalue weighted by molar-refractivity contribution is 6.00. The van der Waals surface area contributed by atoms with Crippen LogP contribution in [-0.2, 0) is 9.59 Å². The van der Waals surface area contributed by atoms with Gasteiger partial charge in [0, 0.05) is 50.9 Å². The first kappa shape index (κ1) is 23.0. The van der Waals surface area contributed by atoms with Crippen molar-refractivity contribution in [2.45, 2.75) is 12.8 Å². The summed E-state index contributed by atoms with van der Waals surface area (Å²) in [5.41, 5.74) is 1.23. The van der Waals surface area contributed by atoms with Crippen molar-refractivity contribution in [2.75, 3.05) is 57.9 Å². The highest BCUT2D eigenvalue weighted by Gasteiger charge is 2.38. The zero-order valence-electron chi connectivity index (χ0n) is 19.8. The zero-order chi connectivity index (χ0) is 24.4. The van der Waals surface area contributed by atoms with Crippen LogP contribution in [0.4, 0.5) is 5.69 Å². The minimum absolute atomic E-state index is 0.0371. The number of hydrogen-bond donors (Lipinski definition) is 0. The number of rotatable bonds is 4. The quantitative estimate of drug-likeness (QED) is 0.668. The number of hydrogen-bond acceptors (Lipinski definition) is 6. The molecule has 1 atom stereocenters. The fraction of sp³-hybridized carbons (Fsp3) is 0.423. The molecule has 3 heterocycles. The van der Waals surface area contributed by atoms with Crippen LogP contribution < -0.4 is 19.1 Å². The third-order valence-electron chi connectivity index (χ3n) is 6.74. The molecule has 0 aromatic heterocycles. The van der Waals surface area contributed by atoms with Gasteiger partial charge in [-0.3, -0.25) is 14.4 Å². The standard InChI is InChI=1S/C26H29N3O6/c1-33-21-6-3-2-5-20(21)26(32)28-10-4-9-27(11-12-28)25(31)18-15-24(30)29(17-18)19-7-8-22-23(16-19)35-14-13-34-22/h2-3,5-8,16,18H,4,9-15,17H2,1H3. The number of nitrogens with zero attached hydrogens (tertiary/aromatic N) is 3. The molecule has 0 N–H and O–H groups in total. The molecule has 2 fully saturated rings. The molecule has 0 radical (unpaired) electrons. The highest BCUT2D eigenvalue weighted by Crippen LogP contribution is 2.36. The molecule has 9 nitrogen and oxygen atoms in total. The molecule has 2 saturated heterocycles. The van der Waals surface area contributed by atoms with Crippen molar-refractivity contribution >= 4 is 23.4 Å². The van der Waals surface area contributed by atoms with Crippen molar-refractivity contribution in [1.29, 1.82) is 0 Å². The lowest BCUT2D eigenvalue weighted by molar-refractivity contribution is -0.135. The van der Waals surface area contributed by atoms with E-state index < -0.39 is 5.92 Å². The van der Waals surface area contributed by atoms with Crippen LogP contribution in [-0.4, -0.2) is 80.6 Å². The Morgan fingerprint density at radius 1 is 0.943 bits per heavy atom. The smallest absolute Gasteiger partial charge is 0.257 e. The van der Waals surface area contributed by atoms with E-state index in [0.717, 1.165) is 0 Å². The lowest BCUT2D eigenvalue weighted by atomic mass is 10.1. The van der Waals surface area contributed by atoms with E-state index in [0.29, 0.717) is 80.9 Å². The third kappa shape index (κ3) is 4.62. The summed E-state index contributed by atoms with van der Waals surface area (Å²) >= 11 is 0. The number of benzene rings is 2. The topological polar surface area (TPSA) is 88.6 Å². The molecule has 3 aliphatic heterocycles. The van der Waals surface area contributed by atoms with Gasteiger partial charge in [-0.15, -0.1) is 0 Å².